The molecule has 0 amide bonds. The van der Waals surface area contributed by atoms with Gasteiger partial charge in [0.1, 0.15) is 5.82 Å². The minimum absolute atomic E-state index is 0.0533. The molecule has 0 fully saturated rings. The van der Waals surface area contributed by atoms with Gasteiger partial charge in [-0.2, -0.15) is 4.37 Å². The maximum atomic E-state index is 7.32. The van der Waals surface area contributed by atoms with Crippen LogP contribution in [0.4, 0.5) is 5.13 Å². The van der Waals surface area contributed by atoms with Crippen molar-refractivity contribution in [1.29, 1.82) is 5.41 Å². The number of nitrogens with zero attached hydrogens (tertiary/aromatic N) is 3. The van der Waals surface area contributed by atoms with Crippen molar-refractivity contribution in [2.75, 3.05) is 31.7 Å². The summed E-state index contributed by atoms with van der Waals surface area (Å²) in [6.07, 6.45) is 0.522. The van der Waals surface area contributed by atoms with Crippen molar-refractivity contribution in [1.82, 2.24) is 9.36 Å². The Labute approximate surface area is 118 Å². The first-order valence-corrected chi connectivity index (χ1v) is 7.03. The first-order chi connectivity index (χ1) is 8.84. The minimum atomic E-state index is -0.0533. The van der Waals surface area contributed by atoms with Gasteiger partial charge in [-0.05, 0) is 0 Å². The molecule has 0 aliphatic heterocycles. The monoisotopic (exact) mass is 285 g/mol. The number of ether oxygens (including phenoxy) is 1. The zero-order chi connectivity index (χ0) is 14.5. The van der Waals surface area contributed by atoms with Gasteiger partial charge in [0.15, 0.2) is 0 Å². The zero-order valence-electron chi connectivity index (χ0n) is 12.1. The van der Waals surface area contributed by atoms with E-state index in [2.05, 4.69) is 35.0 Å². The Morgan fingerprint density at radius 3 is 2.58 bits per heavy atom. The Bertz CT molecular complexity index is 412. The molecule has 3 N–H and O–H groups in total. The predicted octanol–water partition coefficient (Wildman–Crippen LogP) is 1.61. The Morgan fingerprint density at radius 1 is 1.42 bits per heavy atom. The topological polar surface area (TPSA) is 88.1 Å². The molecule has 0 atom stereocenters. The van der Waals surface area contributed by atoms with E-state index in [4.69, 9.17) is 15.9 Å². The molecule has 1 aromatic heterocycles. The first kappa shape index (κ1) is 15.8. The van der Waals surface area contributed by atoms with Crippen LogP contribution < -0.4 is 10.6 Å². The van der Waals surface area contributed by atoms with E-state index in [-0.39, 0.29) is 11.3 Å². The molecule has 1 heterocycles. The summed E-state index contributed by atoms with van der Waals surface area (Å²) in [5.41, 5.74) is 5.36. The number of nitrogens with one attached hydrogen (secondary N) is 1. The number of nitrogens with two attached hydrogens (primary N) is 1. The molecule has 0 aliphatic rings. The normalized spacial score (nSPS) is 11.6. The van der Waals surface area contributed by atoms with Crippen molar-refractivity contribution in [3.63, 3.8) is 0 Å². The van der Waals surface area contributed by atoms with Crippen LogP contribution in [0, 0.1) is 5.41 Å². The lowest BCUT2D eigenvalue weighted by Crippen LogP contribution is -2.31. The van der Waals surface area contributed by atoms with Gasteiger partial charge in [0.2, 0.25) is 5.13 Å². The second-order valence-electron chi connectivity index (χ2n) is 5.41. The van der Waals surface area contributed by atoms with Crippen LogP contribution in [0.5, 0.6) is 0 Å². The number of hydrogen-bond acceptors (Lipinski definition) is 6. The third-order valence-electron chi connectivity index (χ3n) is 2.57. The van der Waals surface area contributed by atoms with E-state index in [0.29, 0.717) is 19.6 Å². The molecule has 108 valence electrons. The second kappa shape index (κ2) is 6.81. The van der Waals surface area contributed by atoms with Crippen LogP contribution in [0.2, 0.25) is 0 Å². The summed E-state index contributed by atoms with van der Waals surface area (Å²) in [5.74, 6) is 1.03. The number of aromatic nitrogens is 2. The quantitative estimate of drug-likeness (QED) is 0.587. The highest BCUT2D eigenvalue weighted by atomic mass is 32.1. The van der Waals surface area contributed by atoms with Gasteiger partial charge in [-0.1, -0.05) is 20.8 Å². The van der Waals surface area contributed by atoms with E-state index >= 15 is 0 Å². The third kappa shape index (κ3) is 5.12. The fourth-order valence-electron chi connectivity index (χ4n) is 1.41. The maximum absolute atomic E-state index is 7.32. The second-order valence-corrected chi connectivity index (χ2v) is 6.14. The molecule has 0 aromatic carbocycles. The Morgan fingerprint density at radius 2 is 2.11 bits per heavy atom. The van der Waals surface area contributed by atoms with Gasteiger partial charge in [0, 0.05) is 43.6 Å². The summed E-state index contributed by atoms with van der Waals surface area (Å²) in [5, 5.41) is 8.18. The lowest BCUT2D eigenvalue weighted by atomic mass is 9.96. The first-order valence-electron chi connectivity index (χ1n) is 6.25. The van der Waals surface area contributed by atoms with Crippen LogP contribution in [0.1, 0.15) is 33.0 Å². The lowest BCUT2D eigenvalue weighted by Gasteiger charge is -2.20. The number of hydrogen-bond donors (Lipinski definition) is 2. The van der Waals surface area contributed by atoms with E-state index in [1.807, 2.05) is 0 Å². The fraction of sp³-hybridized carbons (Fsp3) is 0.750. The molecule has 0 saturated carbocycles. The van der Waals surface area contributed by atoms with E-state index < -0.39 is 0 Å². The highest BCUT2D eigenvalue weighted by Gasteiger charge is 2.21. The summed E-state index contributed by atoms with van der Waals surface area (Å²) < 4.78 is 9.51. The summed E-state index contributed by atoms with van der Waals surface area (Å²) in [6, 6.07) is 0. The van der Waals surface area contributed by atoms with E-state index in [9.17, 15) is 0 Å². The van der Waals surface area contributed by atoms with Crippen LogP contribution in [0.15, 0.2) is 0 Å². The van der Waals surface area contributed by atoms with Gasteiger partial charge < -0.3 is 15.4 Å². The summed E-state index contributed by atoms with van der Waals surface area (Å²) >= 11 is 1.38. The number of rotatable bonds is 7. The smallest absolute Gasteiger partial charge is 0.205 e. The molecular formula is C12H23N5OS. The van der Waals surface area contributed by atoms with Crippen molar-refractivity contribution < 1.29 is 4.74 Å². The van der Waals surface area contributed by atoms with E-state index in [0.717, 1.165) is 17.5 Å². The molecule has 6 nitrogen and oxygen atoms in total. The summed E-state index contributed by atoms with van der Waals surface area (Å²) in [4.78, 5) is 6.65. The summed E-state index contributed by atoms with van der Waals surface area (Å²) in [6.45, 7) is 8.28. The molecular weight excluding hydrogens is 262 g/mol. The molecule has 7 heteroatoms. The molecule has 1 rings (SSSR count). The highest BCUT2D eigenvalue weighted by Crippen LogP contribution is 2.25. The lowest BCUT2D eigenvalue weighted by molar-refractivity contribution is 0.205. The SMILES string of the molecule is COCCN(CCC(=N)N)c1nc(C(C)(C)C)ns1. The summed E-state index contributed by atoms with van der Waals surface area (Å²) in [7, 11) is 1.67. The van der Waals surface area contributed by atoms with Crippen molar-refractivity contribution in [3.8, 4) is 0 Å². The number of amidine groups is 1. The molecule has 0 saturated heterocycles. The Balaban J connectivity index is 2.78. The number of anilines is 1. The van der Waals surface area contributed by atoms with Crippen molar-refractivity contribution in [2.24, 2.45) is 5.73 Å². The zero-order valence-corrected chi connectivity index (χ0v) is 12.9. The number of methoxy groups -OCH3 is 1. The van der Waals surface area contributed by atoms with Gasteiger partial charge in [0.25, 0.3) is 0 Å². The minimum Gasteiger partial charge on any atom is -0.388 e. The van der Waals surface area contributed by atoms with Crippen LogP contribution in [0.3, 0.4) is 0 Å². The van der Waals surface area contributed by atoms with Crippen molar-refractivity contribution >= 4 is 22.5 Å². The third-order valence-corrected chi connectivity index (χ3v) is 3.35. The molecule has 19 heavy (non-hydrogen) atoms. The van der Waals surface area contributed by atoms with Crippen LogP contribution in [-0.4, -0.2) is 42.0 Å². The predicted molar refractivity (Wildman–Crippen MR) is 79.2 cm³/mol. The van der Waals surface area contributed by atoms with Crippen molar-refractivity contribution in [3.05, 3.63) is 5.82 Å². The van der Waals surface area contributed by atoms with Gasteiger partial charge in [-0.25, -0.2) is 4.98 Å². The Kier molecular flexibility index (Phi) is 5.68. The van der Waals surface area contributed by atoms with E-state index in [1.54, 1.807) is 7.11 Å². The average Bonchev–Trinajstić information content (AvgIpc) is 2.78. The molecule has 0 spiro atoms. The Hall–Kier alpha value is -1.21. The van der Waals surface area contributed by atoms with Crippen LogP contribution in [-0.2, 0) is 10.2 Å². The van der Waals surface area contributed by atoms with Crippen molar-refractivity contribution in [2.45, 2.75) is 32.6 Å². The maximum Gasteiger partial charge on any atom is 0.205 e. The largest absolute Gasteiger partial charge is 0.388 e. The van der Waals surface area contributed by atoms with E-state index in [1.165, 1.54) is 11.5 Å². The van der Waals surface area contributed by atoms with Gasteiger partial charge in [0.05, 0.1) is 12.4 Å². The van der Waals surface area contributed by atoms with Gasteiger partial charge in [-0.3, -0.25) is 5.41 Å². The average molecular weight is 285 g/mol. The standard InChI is InChI=1S/C12H23N5OS/c1-12(2,3)10-15-11(19-16-10)17(7-8-18-4)6-5-9(13)14/h5-8H2,1-4H3,(H3,13,14). The molecule has 1 aromatic rings. The highest BCUT2D eigenvalue weighted by molar-refractivity contribution is 7.09. The fourth-order valence-corrected chi connectivity index (χ4v) is 2.32. The molecule has 0 unspecified atom stereocenters. The van der Waals surface area contributed by atoms with Crippen LogP contribution in [0.25, 0.3) is 0 Å². The van der Waals surface area contributed by atoms with Gasteiger partial charge in [-0.15, -0.1) is 0 Å². The molecule has 0 radical (unpaired) electrons. The molecule has 0 aliphatic carbocycles. The molecule has 0 bridgehead atoms. The van der Waals surface area contributed by atoms with Crippen LogP contribution >= 0.6 is 11.5 Å². The van der Waals surface area contributed by atoms with Gasteiger partial charge >= 0.3 is 0 Å².